The van der Waals surface area contributed by atoms with Gasteiger partial charge in [0, 0.05) is 108 Å². The van der Waals surface area contributed by atoms with E-state index in [1.165, 1.54) is 55.5 Å². The van der Waals surface area contributed by atoms with E-state index in [2.05, 4.69) is 32.1 Å². The number of amides is 2. The SMILES string of the molecule is C1COCCN1.O=C(c1ccc(C(O)S(=O)(=O)[O-])cc1)N1CCN(C2CC2)CC1.O=C(c1ccc(CN2CCOCC2)cc1)N1CCN(C2CC2)CC1.[Na+]. The first kappa shape index (κ1) is 43.1. The number of aliphatic hydroxyl groups is 1. The zero-order valence-electron chi connectivity index (χ0n) is 31.6. The average Bonchev–Trinajstić information content (AvgIpc) is 4.14. The molecule has 6 aliphatic rings. The summed E-state index contributed by atoms with van der Waals surface area (Å²) in [6, 6.07) is 15.2. The van der Waals surface area contributed by atoms with Crippen molar-refractivity contribution in [3.05, 3.63) is 70.8 Å². The Morgan fingerprint density at radius 3 is 1.48 bits per heavy atom. The number of hydrogen-bond acceptors (Lipinski definition) is 12. The molecule has 292 valence electrons. The summed E-state index contributed by atoms with van der Waals surface area (Å²) in [6.07, 6.45) is 5.19. The Morgan fingerprint density at radius 2 is 1.11 bits per heavy atom. The summed E-state index contributed by atoms with van der Waals surface area (Å²) in [7, 11) is -4.81. The van der Waals surface area contributed by atoms with Crippen LogP contribution in [0.2, 0.25) is 0 Å². The molecule has 54 heavy (non-hydrogen) atoms. The number of hydrogen-bond donors (Lipinski definition) is 2. The summed E-state index contributed by atoms with van der Waals surface area (Å²) in [5.74, 6) is 0.0647. The zero-order chi connectivity index (χ0) is 37.2. The van der Waals surface area contributed by atoms with Gasteiger partial charge in [-0.1, -0.05) is 24.3 Å². The molecule has 14 nitrogen and oxygen atoms in total. The number of benzene rings is 2. The molecule has 4 heterocycles. The molecule has 2 aromatic carbocycles. The summed E-state index contributed by atoms with van der Waals surface area (Å²) in [5.41, 5.74) is 0.376. The molecular weight excluding hydrogens is 724 g/mol. The molecule has 2 amide bonds. The summed E-state index contributed by atoms with van der Waals surface area (Å²) >= 11 is 0. The second-order valence-electron chi connectivity index (χ2n) is 14.5. The predicted octanol–water partition coefficient (Wildman–Crippen LogP) is -1.81. The molecular formula is C38H55N6NaO8S. The van der Waals surface area contributed by atoms with Crippen molar-refractivity contribution in [3.8, 4) is 0 Å². The Balaban J connectivity index is 0.000000177. The Hall–Kier alpha value is -1.99. The average molecular weight is 779 g/mol. The van der Waals surface area contributed by atoms with Gasteiger partial charge >= 0.3 is 29.6 Å². The van der Waals surface area contributed by atoms with Crippen molar-refractivity contribution >= 4 is 21.9 Å². The molecule has 8 rings (SSSR count). The van der Waals surface area contributed by atoms with Crippen LogP contribution in [0.15, 0.2) is 48.5 Å². The number of nitrogens with one attached hydrogen (secondary N) is 1. The van der Waals surface area contributed by atoms with E-state index in [9.17, 15) is 27.7 Å². The van der Waals surface area contributed by atoms with Crippen LogP contribution < -0.4 is 34.9 Å². The van der Waals surface area contributed by atoms with Crippen molar-refractivity contribution in [1.82, 2.24) is 29.8 Å². The maximum absolute atomic E-state index is 12.7. The van der Waals surface area contributed by atoms with Gasteiger partial charge in [-0.3, -0.25) is 24.3 Å². The first-order valence-corrected chi connectivity index (χ1v) is 20.6. The van der Waals surface area contributed by atoms with E-state index in [-0.39, 0.29) is 46.9 Å². The van der Waals surface area contributed by atoms with Gasteiger partial charge in [0.15, 0.2) is 5.44 Å². The van der Waals surface area contributed by atoms with Gasteiger partial charge in [0.05, 0.1) is 26.4 Å². The van der Waals surface area contributed by atoms with Crippen molar-refractivity contribution in [2.75, 3.05) is 105 Å². The largest absolute Gasteiger partial charge is 1.00 e. The second kappa shape index (κ2) is 21.0. The van der Waals surface area contributed by atoms with Gasteiger partial charge in [0.2, 0.25) is 0 Å². The van der Waals surface area contributed by atoms with Crippen LogP contribution in [-0.2, 0) is 26.1 Å². The number of rotatable bonds is 8. The summed E-state index contributed by atoms with van der Waals surface area (Å²) in [6.45, 7) is 15.3. The van der Waals surface area contributed by atoms with E-state index >= 15 is 0 Å². The number of nitrogens with zero attached hydrogens (tertiary/aromatic N) is 5. The first-order valence-electron chi connectivity index (χ1n) is 19.1. The van der Waals surface area contributed by atoms with Gasteiger partial charge in [0.25, 0.3) is 11.8 Å². The Labute approximate surface area is 342 Å². The maximum atomic E-state index is 12.7. The molecule has 2 N–H and O–H groups in total. The van der Waals surface area contributed by atoms with Crippen LogP contribution in [0.4, 0.5) is 0 Å². The van der Waals surface area contributed by atoms with Gasteiger partial charge in [-0.05, 0) is 61.1 Å². The number of aliphatic hydroxyl groups excluding tert-OH is 1. The fourth-order valence-corrected chi connectivity index (χ4v) is 7.56. The van der Waals surface area contributed by atoms with E-state index < -0.39 is 15.6 Å². The first-order chi connectivity index (χ1) is 25.7. The van der Waals surface area contributed by atoms with Gasteiger partial charge < -0.3 is 34.2 Å². The van der Waals surface area contributed by atoms with Gasteiger partial charge in [-0.2, -0.15) is 0 Å². The quantitative estimate of drug-likeness (QED) is 0.229. The number of piperazine rings is 2. The van der Waals surface area contributed by atoms with Gasteiger partial charge in [-0.25, -0.2) is 8.42 Å². The second-order valence-corrected chi connectivity index (χ2v) is 16.0. The molecule has 2 aliphatic carbocycles. The third kappa shape index (κ3) is 13.0. The third-order valence-corrected chi connectivity index (χ3v) is 11.4. The van der Waals surface area contributed by atoms with Crippen LogP contribution in [-0.4, -0.2) is 171 Å². The molecule has 0 spiro atoms. The number of carbonyl (C=O) groups is 2. The number of carbonyl (C=O) groups excluding carboxylic acids is 2. The van der Waals surface area contributed by atoms with E-state index in [4.69, 9.17) is 9.47 Å². The molecule has 2 saturated carbocycles. The Kier molecular flexibility index (Phi) is 16.7. The van der Waals surface area contributed by atoms with Crippen LogP contribution in [0.3, 0.4) is 0 Å². The molecule has 0 bridgehead atoms. The number of ether oxygens (including phenoxy) is 2. The Bertz CT molecular complexity index is 1560. The molecule has 1 atom stereocenters. The molecule has 4 aliphatic heterocycles. The normalized spacial score (nSPS) is 22.1. The topological polar surface area (TPSA) is 158 Å². The van der Waals surface area contributed by atoms with E-state index in [0.717, 1.165) is 110 Å². The van der Waals surface area contributed by atoms with Crippen LogP contribution in [0.25, 0.3) is 0 Å². The third-order valence-electron chi connectivity index (χ3n) is 10.6. The summed E-state index contributed by atoms with van der Waals surface area (Å²) in [4.78, 5) is 36.2. The minimum atomic E-state index is -4.81. The maximum Gasteiger partial charge on any atom is 1.00 e. The van der Waals surface area contributed by atoms with Crippen molar-refractivity contribution < 1.29 is 66.7 Å². The predicted molar refractivity (Wildman–Crippen MR) is 198 cm³/mol. The molecule has 1 unspecified atom stereocenters. The van der Waals surface area contributed by atoms with Gasteiger partial charge in [0.1, 0.15) is 10.1 Å². The van der Waals surface area contributed by atoms with Crippen LogP contribution in [0.5, 0.6) is 0 Å². The molecule has 0 aromatic heterocycles. The van der Waals surface area contributed by atoms with E-state index in [1.807, 2.05) is 17.0 Å². The van der Waals surface area contributed by atoms with Crippen molar-refractivity contribution in [2.45, 2.75) is 49.7 Å². The summed E-state index contributed by atoms with van der Waals surface area (Å²) in [5, 5.41) is 12.6. The van der Waals surface area contributed by atoms with Crippen molar-refractivity contribution in [3.63, 3.8) is 0 Å². The van der Waals surface area contributed by atoms with Crippen molar-refractivity contribution in [2.24, 2.45) is 0 Å². The van der Waals surface area contributed by atoms with Gasteiger partial charge in [-0.15, -0.1) is 0 Å². The number of morpholine rings is 2. The zero-order valence-corrected chi connectivity index (χ0v) is 34.5. The summed E-state index contributed by atoms with van der Waals surface area (Å²) < 4.78 is 42.8. The Morgan fingerprint density at radius 1 is 0.685 bits per heavy atom. The monoisotopic (exact) mass is 778 g/mol. The molecule has 4 saturated heterocycles. The van der Waals surface area contributed by atoms with E-state index in [1.54, 1.807) is 4.90 Å². The fourth-order valence-electron chi connectivity index (χ4n) is 7.07. The molecule has 6 fully saturated rings. The molecule has 0 radical (unpaired) electrons. The van der Waals surface area contributed by atoms with Crippen molar-refractivity contribution in [1.29, 1.82) is 0 Å². The smallest absolute Gasteiger partial charge is 0.746 e. The van der Waals surface area contributed by atoms with Crippen LogP contribution >= 0.6 is 0 Å². The molecule has 16 heteroatoms. The fraction of sp³-hybridized carbons (Fsp3) is 0.632. The minimum Gasteiger partial charge on any atom is -0.746 e. The van der Waals surface area contributed by atoms with Crippen LogP contribution in [0, 0.1) is 0 Å². The molecule has 2 aromatic rings. The standard InChI is InChI=1S/C19H27N3O2.C15H20N2O5S.C4H9NO.Na/c23-19(22-9-7-21(8-10-22)18-5-6-18)17-3-1-16(2-4-17)15-20-11-13-24-14-12-20;18-14(17-9-7-16(8-10-17)13-5-6-13)11-1-3-12(4-2-11)15(19)23(20,21)22;1-3-6-4-2-5-1;/h1-4,18H,5-15H2;1-4,13,15,19H,5-10H2,(H,20,21,22);5H,1-4H2;/q;;;+1/p-1. The van der Waals surface area contributed by atoms with E-state index in [0.29, 0.717) is 24.7 Å². The minimum absolute atomic E-state index is 0. The van der Waals surface area contributed by atoms with Crippen LogP contribution in [0.1, 0.15) is 63.0 Å².